The molecule has 0 aromatic heterocycles. The Labute approximate surface area is 131 Å². The highest BCUT2D eigenvalue weighted by molar-refractivity contribution is 5.66. The Balaban J connectivity index is 1.99. The van der Waals surface area contributed by atoms with Gasteiger partial charge in [-0.2, -0.15) is 8.78 Å². The first kappa shape index (κ1) is 16.4. The van der Waals surface area contributed by atoms with Gasteiger partial charge in [-0.05, 0) is 35.1 Å². The molecule has 2 aromatic rings. The van der Waals surface area contributed by atoms with Gasteiger partial charge in [-0.1, -0.05) is 74.7 Å². The third-order valence-corrected chi connectivity index (χ3v) is 3.79. The SMILES string of the molecule is CCCCCCc1ccc(-c2ccc(C=C(F)F)cc2)cc1. The molecule has 0 heterocycles. The van der Waals surface area contributed by atoms with Crippen molar-refractivity contribution in [1.29, 1.82) is 0 Å². The quantitative estimate of drug-likeness (QED) is 0.498. The molecule has 0 aliphatic heterocycles. The third kappa shape index (κ3) is 5.10. The highest BCUT2D eigenvalue weighted by Gasteiger charge is 2.00. The van der Waals surface area contributed by atoms with E-state index in [1.165, 1.54) is 31.2 Å². The van der Waals surface area contributed by atoms with Crippen molar-refractivity contribution in [2.45, 2.75) is 39.0 Å². The fraction of sp³-hybridized carbons (Fsp3) is 0.300. The van der Waals surface area contributed by atoms with E-state index in [1.807, 2.05) is 12.1 Å². The highest BCUT2D eigenvalue weighted by atomic mass is 19.3. The molecule has 0 saturated heterocycles. The van der Waals surface area contributed by atoms with E-state index < -0.39 is 6.08 Å². The number of hydrogen-bond donors (Lipinski definition) is 0. The molecule has 0 spiro atoms. The van der Waals surface area contributed by atoms with Crippen molar-refractivity contribution in [2.24, 2.45) is 0 Å². The fourth-order valence-electron chi connectivity index (χ4n) is 2.52. The molecular formula is C20H22F2. The molecule has 0 radical (unpaired) electrons. The number of halogens is 2. The van der Waals surface area contributed by atoms with E-state index in [1.54, 1.807) is 12.1 Å². The van der Waals surface area contributed by atoms with Crippen LogP contribution in [0.2, 0.25) is 0 Å². The summed E-state index contributed by atoms with van der Waals surface area (Å²) in [7, 11) is 0. The summed E-state index contributed by atoms with van der Waals surface area (Å²) in [6.07, 6.45) is 5.43. The normalized spacial score (nSPS) is 10.5. The Morgan fingerprint density at radius 1 is 0.818 bits per heavy atom. The van der Waals surface area contributed by atoms with Crippen LogP contribution in [0.3, 0.4) is 0 Å². The maximum Gasteiger partial charge on any atom is 0.270 e. The van der Waals surface area contributed by atoms with Crippen molar-refractivity contribution in [3.05, 3.63) is 65.7 Å². The van der Waals surface area contributed by atoms with Crippen LogP contribution in [-0.4, -0.2) is 0 Å². The van der Waals surface area contributed by atoms with Gasteiger partial charge in [0.15, 0.2) is 0 Å². The van der Waals surface area contributed by atoms with Gasteiger partial charge in [0.25, 0.3) is 6.08 Å². The lowest BCUT2D eigenvalue weighted by Gasteiger charge is -2.05. The summed E-state index contributed by atoms with van der Waals surface area (Å²) in [6.45, 7) is 2.22. The summed E-state index contributed by atoms with van der Waals surface area (Å²) in [5.74, 6) is 0. The van der Waals surface area contributed by atoms with Crippen LogP contribution in [-0.2, 0) is 6.42 Å². The zero-order valence-corrected chi connectivity index (χ0v) is 13.0. The number of unbranched alkanes of at least 4 members (excludes halogenated alkanes) is 3. The number of rotatable bonds is 7. The average molecular weight is 300 g/mol. The van der Waals surface area contributed by atoms with Crippen LogP contribution in [0.4, 0.5) is 8.78 Å². The van der Waals surface area contributed by atoms with Gasteiger partial charge >= 0.3 is 0 Å². The molecule has 2 aromatic carbocycles. The largest absolute Gasteiger partial charge is 0.270 e. The zero-order chi connectivity index (χ0) is 15.8. The molecule has 0 nitrogen and oxygen atoms in total. The Bertz CT molecular complexity index is 591. The van der Waals surface area contributed by atoms with Crippen LogP contribution in [0.15, 0.2) is 54.6 Å². The summed E-state index contributed by atoms with van der Waals surface area (Å²) >= 11 is 0. The number of hydrogen-bond acceptors (Lipinski definition) is 0. The van der Waals surface area contributed by atoms with Crippen molar-refractivity contribution in [3.8, 4) is 11.1 Å². The molecule has 0 aliphatic rings. The predicted octanol–water partition coefficient (Wildman–Crippen LogP) is 6.71. The second-order valence-electron chi connectivity index (χ2n) is 5.56. The smallest absolute Gasteiger partial charge is 0.173 e. The minimum absolute atomic E-state index is 0.524. The molecule has 0 N–H and O–H groups in total. The van der Waals surface area contributed by atoms with E-state index in [2.05, 4.69) is 31.2 Å². The molecule has 0 fully saturated rings. The Kier molecular flexibility index (Phi) is 6.32. The van der Waals surface area contributed by atoms with E-state index in [0.717, 1.165) is 23.6 Å². The van der Waals surface area contributed by atoms with Gasteiger partial charge < -0.3 is 0 Å². The Morgan fingerprint density at radius 2 is 1.41 bits per heavy atom. The van der Waals surface area contributed by atoms with Gasteiger partial charge in [0, 0.05) is 6.08 Å². The molecule has 0 aliphatic carbocycles. The van der Waals surface area contributed by atoms with E-state index in [9.17, 15) is 8.78 Å². The van der Waals surface area contributed by atoms with Gasteiger partial charge in [-0.3, -0.25) is 0 Å². The predicted molar refractivity (Wildman–Crippen MR) is 89.9 cm³/mol. The van der Waals surface area contributed by atoms with Crippen LogP contribution in [0.5, 0.6) is 0 Å². The lowest BCUT2D eigenvalue weighted by atomic mass is 10.0. The average Bonchev–Trinajstić information content (AvgIpc) is 2.52. The van der Waals surface area contributed by atoms with E-state index >= 15 is 0 Å². The molecule has 0 unspecified atom stereocenters. The number of benzene rings is 2. The van der Waals surface area contributed by atoms with Crippen LogP contribution in [0, 0.1) is 0 Å². The Hall–Kier alpha value is -1.96. The standard InChI is InChI=1S/C20H22F2/c1-2-3-4-5-6-16-7-11-18(12-8-16)19-13-9-17(10-14-19)15-20(21)22/h7-15H,2-6H2,1H3. The molecule has 2 rings (SSSR count). The van der Waals surface area contributed by atoms with Crippen molar-refractivity contribution in [2.75, 3.05) is 0 Å². The molecule has 22 heavy (non-hydrogen) atoms. The summed E-state index contributed by atoms with van der Waals surface area (Å²) in [5.41, 5.74) is 4.05. The third-order valence-electron chi connectivity index (χ3n) is 3.79. The van der Waals surface area contributed by atoms with Gasteiger partial charge in [-0.25, -0.2) is 0 Å². The van der Waals surface area contributed by atoms with Crippen molar-refractivity contribution >= 4 is 6.08 Å². The summed E-state index contributed by atoms with van der Waals surface area (Å²) < 4.78 is 24.4. The molecule has 116 valence electrons. The molecule has 0 atom stereocenters. The lowest BCUT2D eigenvalue weighted by Crippen LogP contribution is -1.86. The van der Waals surface area contributed by atoms with Crippen LogP contribution < -0.4 is 0 Å². The van der Waals surface area contributed by atoms with Crippen molar-refractivity contribution in [3.63, 3.8) is 0 Å². The van der Waals surface area contributed by atoms with E-state index in [4.69, 9.17) is 0 Å². The first-order valence-electron chi connectivity index (χ1n) is 7.91. The second-order valence-corrected chi connectivity index (χ2v) is 5.56. The maximum absolute atomic E-state index is 12.2. The van der Waals surface area contributed by atoms with Crippen LogP contribution in [0.1, 0.15) is 43.7 Å². The molecular weight excluding hydrogens is 278 g/mol. The topological polar surface area (TPSA) is 0 Å². The van der Waals surface area contributed by atoms with E-state index in [-0.39, 0.29) is 0 Å². The minimum Gasteiger partial charge on any atom is -0.173 e. The van der Waals surface area contributed by atoms with Gasteiger partial charge in [-0.15, -0.1) is 0 Å². The first-order valence-corrected chi connectivity index (χ1v) is 7.91. The second kappa shape index (κ2) is 8.47. The van der Waals surface area contributed by atoms with Gasteiger partial charge in [0.1, 0.15) is 0 Å². The minimum atomic E-state index is -1.67. The maximum atomic E-state index is 12.2. The number of aryl methyl sites for hydroxylation is 1. The van der Waals surface area contributed by atoms with Crippen LogP contribution in [0.25, 0.3) is 17.2 Å². The van der Waals surface area contributed by atoms with E-state index in [0.29, 0.717) is 5.56 Å². The van der Waals surface area contributed by atoms with Crippen molar-refractivity contribution in [1.82, 2.24) is 0 Å². The summed E-state index contributed by atoms with van der Waals surface area (Å²) in [6, 6.07) is 15.7. The monoisotopic (exact) mass is 300 g/mol. The van der Waals surface area contributed by atoms with Crippen LogP contribution >= 0.6 is 0 Å². The molecule has 0 amide bonds. The summed E-state index contributed by atoms with van der Waals surface area (Å²) in [5, 5.41) is 0. The Morgan fingerprint density at radius 3 is 1.95 bits per heavy atom. The highest BCUT2D eigenvalue weighted by Crippen LogP contribution is 2.22. The molecule has 0 bridgehead atoms. The summed E-state index contributed by atoms with van der Waals surface area (Å²) in [4.78, 5) is 0. The first-order chi connectivity index (χ1) is 10.7. The lowest BCUT2D eigenvalue weighted by molar-refractivity contribution is 0.429. The molecule has 0 saturated carbocycles. The van der Waals surface area contributed by atoms with Gasteiger partial charge in [0.2, 0.25) is 0 Å². The van der Waals surface area contributed by atoms with Gasteiger partial charge in [0.05, 0.1) is 0 Å². The molecule has 2 heteroatoms. The van der Waals surface area contributed by atoms with Crippen molar-refractivity contribution < 1.29 is 8.78 Å². The fourth-order valence-corrected chi connectivity index (χ4v) is 2.52. The zero-order valence-electron chi connectivity index (χ0n) is 13.0.